The van der Waals surface area contributed by atoms with Crippen molar-refractivity contribution in [1.29, 1.82) is 0 Å². The molecule has 0 aliphatic heterocycles. The van der Waals surface area contributed by atoms with E-state index in [-0.39, 0.29) is 42.3 Å². The second-order valence-electron chi connectivity index (χ2n) is 8.65. The third-order valence-corrected chi connectivity index (χ3v) is 6.33. The van der Waals surface area contributed by atoms with E-state index in [9.17, 15) is 14.0 Å². The minimum absolute atomic E-state index is 0.151. The van der Waals surface area contributed by atoms with Gasteiger partial charge in [0, 0.05) is 23.7 Å². The van der Waals surface area contributed by atoms with Gasteiger partial charge in [0.15, 0.2) is 0 Å². The highest BCUT2D eigenvalue weighted by Gasteiger charge is 2.35. The lowest BCUT2D eigenvalue weighted by Crippen LogP contribution is -2.38. The minimum atomic E-state index is -0.255. The average molecular weight is 424 g/mol. The van der Waals surface area contributed by atoms with Crippen molar-refractivity contribution in [1.82, 2.24) is 10.2 Å². The van der Waals surface area contributed by atoms with Crippen LogP contribution in [0.4, 0.5) is 10.1 Å². The Morgan fingerprint density at radius 1 is 1.03 bits per heavy atom. The van der Waals surface area contributed by atoms with Crippen molar-refractivity contribution < 1.29 is 14.0 Å². The van der Waals surface area contributed by atoms with Crippen molar-refractivity contribution in [2.75, 3.05) is 11.9 Å². The van der Waals surface area contributed by atoms with Gasteiger partial charge in [-0.2, -0.15) is 0 Å². The summed E-state index contributed by atoms with van der Waals surface area (Å²) < 4.78 is 14.3. The minimum Gasteiger partial charge on any atom is -0.349 e. The molecule has 2 saturated carbocycles. The molecule has 0 radical (unpaired) electrons. The highest BCUT2D eigenvalue weighted by Crippen LogP contribution is 2.35. The van der Waals surface area contributed by atoms with Gasteiger partial charge in [0.05, 0.1) is 17.8 Å². The van der Waals surface area contributed by atoms with Crippen LogP contribution < -0.4 is 10.6 Å². The molecule has 1 unspecified atom stereocenters. The van der Waals surface area contributed by atoms with E-state index in [2.05, 4.69) is 15.5 Å². The van der Waals surface area contributed by atoms with E-state index < -0.39 is 0 Å². The number of amides is 2. The first-order valence-corrected chi connectivity index (χ1v) is 11.2. The van der Waals surface area contributed by atoms with Crippen LogP contribution in [0.2, 0.25) is 0 Å². The number of hydrogen-bond donors (Lipinski definition) is 2. The molecule has 2 aromatic carbocycles. The van der Waals surface area contributed by atoms with Gasteiger partial charge in [-0.05, 0) is 50.8 Å². The highest BCUT2D eigenvalue weighted by molar-refractivity contribution is 6.04. The van der Waals surface area contributed by atoms with Crippen LogP contribution in [0, 0.1) is 5.82 Å². The first-order valence-electron chi connectivity index (χ1n) is 11.2. The van der Waals surface area contributed by atoms with E-state index in [1.807, 2.05) is 19.1 Å². The van der Waals surface area contributed by atoms with Gasteiger partial charge in [-0.25, -0.2) is 4.39 Å². The summed E-state index contributed by atoms with van der Waals surface area (Å²) in [4.78, 5) is 27.7. The van der Waals surface area contributed by atoms with Crippen LogP contribution >= 0.6 is 0 Å². The molecule has 2 aliphatic rings. The Balaban J connectivity index is 1.44. The Morgan fingerprint density at radius 2 is 1.71 bits per heavy atom. The summed E-state index contributed by atoms with van der Waals surface area (Å²) in [6, 6.07) is 14.1. The lowest BCUT2D eigenvalue weighted by atomic mass is 10.1. The normalized spacial score (nSPS) is 17.5. The van der Waals surface area contributed by atoms with Gasteiger partial charge >= 0.3 is 0 Å². The Morgan fingerprint density at radius 3 is 2.42 bits per heavy atom. The Kier molecular flexibility index (Phi) is 6.66. The maximum Gasteiger partial charge on any atom is 0.253 e. The maximum absolute atomic E-state index is 14.3. The molecule has 2 N–H and O–H groups in total. The summed E-state index contributed by atoms with van der Waals surface area (Å²) in [5, 5.41) is 6.00. The van der Waals surface area contributed by atoms with Crippen molar-refractivity contribution in [3.05, 3.63) is 65.5 Å². The van der Waals surface area contributed by atoms with Crippen molar-refractivity contribution in [2.24, 2.45) is 0 Å². The number of carbonyl (C=O) groups is 2. The molecular weight excluding hydrogens is 393 g/mol. The number of para-hydroxylation sites is 1. The smallest absolute Gasteiger partial charge is 0.253 e. The third-order valence-electron chi connectivity index (χ3n) is 6.33. The number of benzene rings is 2. The van der Waals surface area contributed by atoms with Crippen LogP contribution in [0.3, 0.4) is 0 Å². The summed E-state index contributed by atoms with van der Waals surface area (Å²) in [6.07, 6.45) is 6.30. The molecule has 0 saturated heterocycles. The summed E-state index contributed by atoms with van der Waals surface area (Å²) in [5.74, 6) is -0.604. The molecule has 2 aliphatic carbocycles. The van der Waals surface area contributed by atoms with E-state index in [1.165, 1.54) is 6.07 Å². The van der Waals surface area contributed by atoms with Gasteiger partial charge in [0.2, 0.25) is 5.91 Å². The van der Waals surface area contributed by atoms with Crippen LogP contribution in [-0.4, -0.2) is 35.3 Å². The summed E-state index contributed by atoms with van der Waals surface area (Å²) in [7, 11) is 0. The van der Waals surface area contributed by atoms with E-state index in [1.54, 1.807) is 30.3 Å². The average Bonchev–Trinajstić information content (AvgIpc) is 3.48. The lowest BCUT2D eigenvalue weighted by molar-refractivity contribution is -0.118. The molecule has 31 heavy (non-hydrogen) atoms. The van der Waals surface area contributed by atoms with E-state index in [0.717, 1.165) is 38.5 Å². The van der Waals surface area contributed by atoms with E-state index in [0.29, 0.717) is 16.8 Å². The summed E-state index contributed by atoms with van der Waals surface area (Å²) in [6.45, 7) is 2.09. The largest absolute Gasteiger partial charge is 0.349 e. The molecule has 2 fully saturated rings. The summed E-state index contributed by atoms with van der Waals surface area (Å²) in [5.41, 5.74) is 1.58. The van der Waals surface area contributed by atoms with Crippen LogP contribution in [-0.2, 0) is 4.79 Å². The zero-order valence-corrected chi connectivity index (χ0v) is 17.9. The lowest BCUT2D eigenvalue weighted by Gasteiger charge is -2.29. The molecule has 2 aromatic rings. The maximum atomic E-state index is 14.3. The first-order chi connectivity index (χ1) is 15.0. The van der Waals surface area contributed by atoms with Crippen molar-refractivity contribution in [2.45, 2.75) is 63.6 Å². The van der Waals surface area contributed by atoms with Crippen LogP contribution in [0.25, 0.3) is 0 Å². The van der Waals surface area contributed by atoms with Crippen molar-refractivity contribution in [3.63, 3.8) is 0 Å². The molecule has 2 amide bonds. The fraction of sp³-hybridized carbons (Fsp3) is 0.440. The molecular formula is C25H30FN3O2. The molecule has 0 bridgehead atoms. The molecule has 0 spiro atoms. The molecule has 4 rings (SSSR count). The molecule has 1 atom stereocenters. The predicted octanol–water partition coefficient (Wildman–Crippen LogP) is 4.66. The van der Waals surface area contributed by atoms with Gasteiger partial charge in [0.25, 0.3) is 5.91 Å². The van der Waals surface area contributed by atoms with Gasteiger partial charge < -0.3 is 10.6 Å². The number of hydrogen-bond acceptors (Lipinski definition) is 3. The SMILES string of the molecule is CC(c1ccccc1F)N(CC(=O)Nc1ccccc1C(=O)NC1CCCC1)C1CC1. The van der Waals surface area contributed by atoms with Crippen molar-refractivity contribution >= 4 is 17.5 Å². The molecule has 6 heteroatoms. The molecule has 164 valence electrons. The first kappa shape index (κ1) is 21.5. The Hall–Kier alpha value is -2.73. The van der Waals surface area contributed by atoms with Crippen LogP contribution in [0.5, 0.6) is 0 Å². The highest BCUT2D eigenvalue weighted by atomic mass is 19.1. The molecule has 0 aromatic heterocycles. The number of nitrogens with one attached hydrogen (secondary N) is 2. The zero-order valence-electron chi connectivity index (χ0n) is 17.9. The predicted molar refractivity (Wildman–Crippen MR) is 119 cm³/mol. The van der Waals surface area contributed by atoms with Gasteiger partial charge in [-0.15, -0.1) is 0 Å². The Labute approximate surface area is 183 Å². The number of rotatable bonds is 8. The van der Waals surface area contributed by atoms with E-state index >= 15 is 0 Å². The third kappa shape index (κ3) is 5.31. The topological polar surface area (TPSA) is 61.4 Å². The van der Waals surface area contributed by atoms with Crippen LogP contribution in [0.1, 0.15) is 67.4 Å². The second kappa shape index (κ2) is 9.60. The fourth-order valence-electron chi connectivity index (χ4n) is 4.46. The van der Waals surface area contributed by atoms with Gasteiger partial charge in [0.1, 0.15) is 5.82 Å². The standard InChI is InChI=1S/C25H30FN3O2/c1-17(20-10-4-6-12-22(20)26)29(19-14-15-19)16-24(30)28-23-13-7-5-11-21(23)25(31)27-18-8-2-3-9-18/h4-7,10-13,17-19H,2-3,8-9,14-16H2,1H3,(H,27,31)(H,28,30). The number of anilines is 1. The molecule has 5 nitrogen and oxygen atoms in total. The monoisotopic (exact) mass is 423 g/mol. The van der Waals surface area contributed by atoms with Gasteiger partial charge in [-0.1, -0.05) is 43.2 Å². The summed E-state index contributed by atoms with van der Waals surface area (Å²) >= 11 is 0. The molecule has 0 heterocycles. The van der Waals surface area contributed by atoms with Crippen LogP contribution in [0.15, 0.2) is 48.5 Å². The Bertz CT molecular complexity index is 938. The number of nitrogens with zero attached hydrogens (tertiary/aromatic N) is 1. The fourth-order valence-corrected chi connectivity index (χ4v) is 4.46. The van der Waals surface area contributed by atoms with Crippen molar-refractivity contribution in [3.8, 4) is 0 Å². The van der Waals surface area contributed by atoms with Gasteiger partial charge in [-0.3, -0.25) is 14.5 Å². The number of halogens is 1. The number of carbonyl (C=O) groups excluding carboxylic acids is 2. The zero-order chi connectivity index (χ0) is 21.8. The second-order valence-corrected chi connectivity index (χ2v) is 8.65. The quantitative estimate of drug-likeness (QED) is 0.649. The van der Waals surface area contributed by atoms with E-state index in [4.69, 9.17) is 0 Å².